The van der Waals surface area contributed by atoms with E-state index < -0.39 is 0 Å². The predicted octanol–water partition coefficient (Wildman–Crippen LogP) is 2.05. The Morgan fingerprint density at radius 2 is 2.25 bits per heavy atom. The number of nitrogens with one attached hydrogen (secondary N) is 2. The van der Waals surface area contributed by atoms with Gasteiger partial charge >= 0.3 is 0 Å². The number of hydrogen-bond donors (Lipinski definition) is 2. The van der Waals surface area contributed by atoms with Gasteiger partial charge in [0.1, 0.15) is 0 Å². The Labute approximate surface area is 95.9 Å². The lowest BCUT2D eigenvalue weighted by Crippen LogP contribution is -2.16. The van der Waals surface area contributed by atoms with Crippen molar-refractivity contribution in [1.82, 2.24) is 15.5 Å². The Balaban J connectivity index is 1.72. The summed E-state index contributed by atoms with van der Waals surface area (Å²) in [5.74, 6) is 0. The molecule has 0 atom stereocenters. The Bertz CT molecular complexity index is 421. The van der Waals surface area contributed by atoms with Crippen molar-refractivity contribution in [3.8, 4) is 0 Å². The van der Waals surface area contributed by atoms with Crippen LogP contribution in [0.15, 0.2) is 36.5 Å². The van der Waals surface area contributed by atoms with Crippen LogP contribution in [0.5, 0.6) is 0 Å². The van der Waals surface area contributed by atoms with Crippen LogP contribution in [-0.2, 0) is 13.0 Å². The highest BCUT2D eigenvalue weighted by atomic mass is 15.1. The molecule has 0 saturated carbocycles. The van der Waals surface area contributed by atoms with Crippen LogP contribution in [0.25, 0.3) is 0 Å². The van der Waals surface area contributed by atoms with Crippen molar-refractivity contribution in [2.75, 3.05) is 6.54 Å². The van der Waals surface area contributed by atoms with Crippen molar-refractivity contribution >= 4 is 0 Å². The minimum Gasteiger partial charge on any atom is -0.311 e. The van der Waals surface area contributed by atoms with Crippen molar-refractivity contribution in [2.24, 2.45) is 0 Å². The highest BCUT2D eigenvalue weighted by Crippen LogP contribution is 2.03. The van der Waals surface area contributed by atoms with Gasteiger partial charge in [0.25, 0.3) is 0 Å². The van der Waals surface area contributed by atoms with Gasteiger partial charge in [0, 0.05) is 18.4 Å². The van der Waals surface area contributed by atoms with Crippen molar-refractivity contribution in [3.63, 3.8) is 0 Å². The van der Waals surface area contributed by atoms with E-state index in [-0.39, 0.29) is 0 Å². The summed E-state index contributed by atoms with van der Waals surface area (Å²) in [6.07, 6.45) is 2.84. The maximum Gasteiger partial charge on any atom is 0.0490 e. The van der Waals surface area contributed by atoms with Gasteiger partial charge in [-0.1, -0.05) is 29.8 Å². The summed E-state index contributed by atoms with van der Waals surface area (Å²) in [5, 5.41) is 10.2. The molecule has 2 N–H and O–H groups in total. The summed E-state index contributed by atoms with van der Waals surface area (Å²) in [7, 11) is 0. The zero-order valence-corrected chi connectivity index (χ0v) is 9.53. The van der Waals surface area contributed by atoms with Crippen LogP contribution < -0.4 is 5.32 Å². The van der Waals surface area contributed by atoms with Gasteiger partial charge in [0.2, 0.25) is 0 Å². The van der Waals surface area contributed by atoms with Crippen molar-refractivity contribution < 1.29 is 0 Å². The average molecular weight is 215 g/mol. The van der Waals surface area contributed by atoms with Crippen LogP contribution in [0.3, 0.4) is 0 Å². The third-order valence-electron chi connectivity index (χ3n) is 2.55. The zero-order valence-electron chi connectivity index (χ0n) is 9.53. The molecule has 16 heavy (non-hydrogen) atoms. The molecule has 0 saturated heterocycles. The predicted molar refractivity (Wildman–Crippen MR) is 65.2 cm³/mol. The van der Waals surface area contributed by atoms with Gasteiger partial charge in [0.15, 0.2) is 0 Å². The molecule has 0 unspecified atom stereocenters. The zero-order chi connectivity index (χ0) is 11.2. The van der Waals surface area contributed by atoms with Crippen LogP contribution in [0.1, 0.15) is 16.8 Å². The molecule has 3 nitrogen and oxygen atoms in total. The maximum absolute atomic E-state index is 3.91. The van der Waals surface area contributed by atoms with E-state index in [0.717, 1.165) is 25.2 Å². The second kappa shape index (κ2) is 5.47. The van der Waals surface area contributed by atoms with Gasteiger partial charge in [-0.15, -0.1) is 0 Å². The number of hydrogen-bond acceptors (Lipinski definition) is 2. The molecule has 0 aliphatic carbocycles. The van der Waals surface area contributed by atoms with Crippen molar-refractivity contribution in [3.05, 3.63) is 53.3 Å². The molecule has 1 heterocycles. The van der Waals surface area contributed by atoms with Crippen LogP contribution in [0, 0.1) is 6.92 Å². The number of aryl methyl sites for hydroxylation is 1. The molecule has 0 fully saturated rings. The van der Waals surface area contributed by atoms with E-state index in [4.69, 9.17) is 0 Å². The summed E-state index contributed by atoms with van der Waals surface area (Å²) in [6.45, 7) is 3.97. The largest absolute Gasteiger partial charge is 0.311 e. The van der Waals surface area contributed by atoms with Gasteiger partial charge in [-0.05, 0) is 31.5 Å². The number of rotatable bonds is 5. The van der Waals surface area contributed by atoms with Crippen LogP contribution in [-0.4, -0.2) is 16.7 Å². The van der Waals surface area contributed by atoms with Gasteiger partial charge in [-0.2, -0.15) is 5.10 Å². The van der Waals surface area contributed by atoms with Gasteiger partial charge in [0.05, 0.1) is 0 Å². The summed E-state index contributed by atoms with van der Waals surface area (Å²) in [5.41, 5.74) is 3.84. The lowest BCUT2D eigenvalue weighted by atomic mass is 10.1. The number of nitrogens with zero attached hydrogens (tertiary/aromatic N) is 1. The topological polar surface area (TPSA) is 40.7 Å². The fourth-order valence-corrected chi connectivity index (χ4v) is 1.71. The minimum atomic E-state index is 0.853. The standard InChI is InChI=1S/C13H17N3/c1-11-3-2-4-12(9-11)5-7-14-10-13-6-8-15-16-13/h2-4,6,8-9,14H,5,7,10H2,1H3,(H,15,16). The third kappa shape index (κ3) is 3.21. The first kappa shape index (κ1) is 10.9. The molecule has 0 bridgehead atoms. The number of H-pyrrole nitrogens is 1. The van der Waals surface area contributed by atoms with Crippen LogP contribution in [0.2, 0.25) is 0 Å². The van der Waals surface area contributed by atoms with E-state index in [1.807, 2.05) is 6.07 Å². The summed E-state index contributed by atoms with van der Waals surface area (Å²) < 4.78 is 0. The van der Waals surface area contributed by atoms with Gasteiger partial charge in [-0.3, -0.25) is 5.10 Å². The molecule has 0 aliphatic heterocycles. The highest BCUT2D eigenvalue weighted by Gasteiger charge is 1.95. The highest BCUT2D eigenvalue weighted by molar-refractivity contribution is 5.22. The lowest BCUT2D eigenvalue weighted by molar-refractivity contribution is 0.672. The van der Waals surface area contributed by atoms with Crippen molar-refractivity contribution in [2.45, 2.75) is 19.9 Å². The van der Waals surface area contributed by atoms with E-state index in [9.17, 15) is 0 Å². The van der Waals surface area contributed by atoms with E-state index in [2.05, 4.69) is 46.7 Å². The first-order chi connectivity index (χ1) is 7.84. The monoisotopic (exact) mass is 215 g/mol. The van der Waals surface area contributed by atoms with Crippen LogP contribution >= 0.6 is 0 Å². The average Bonchev–Trinajstić information content (AvgIpc) is 2.77. The Hall–Kier alpha value is -1.61. The van der Waals surface area contributed by atoms with Gasteiger partial charge < -0.3 is 5.32 Å². The summed E-state index contributed by atoms with van der Waals surface area (Å²) in [6, 6.07) is 10.6. The first-order valence-electron chi connectivity index (χ1n) is 5.59. The fraction of sp³-hybridized carbons (Fsp3) is 0.308. The molecule has 0 spiro atoms. The second-order valence-corrected chi connectivity index (χ2v) is 4.00. The molecule has 1 aromatic carbocycles. The SMILES string of the molecule is Cc1cccc(CCNCc2ccn[nH]2)c1. The normalized spacial score (nSPS) is 10.6. The second-order valence-electron chi connectivity index (χ2n) is 4.00. The maximum atomic E-state index is 3.91. The molecule has 2 rings (SSSR count). The lowest BCUT2D eigenvalue weighted by Gasteiger charge is -2.04. The Morgan fingerprint density at radius 1 is 1.31 bits per heavy atom. The molecule has 2 aromatic rings. The molecule has 0 amide bonds. The molecular weight excluding hydrogens is 198 g/mol. The van der Waals surface area contributed by atoms with Gasteiger partial charge in [-0.25, -0.2) is 0 Å². The Morgan fingerprint density at radius 3 is 3.00 bits per heavy atom. The Kier molecular flexibility index (Phi) is 3.72. The smallest absolute Gasteiger partial charge is 0.0490 e. The fourth-order valence-electron chi connectivity index (χ4n) is 1.71. The number of aromatic nitrogens is 2. The summed E-state index contributed by atoms with van der Waals surface area (Å²) in [4.78, 5) is 0. The minimum absolute atomic E-state index is 0.853. The van der Waals surface area contributed by atoms with E-state index in [1.165, 1.54) is 11.1 Å². The summed E-state index contributed by atoms with van der Waals surface area (Å²) >= 11 is 0. The van der Waals surface area contributed by atoms with Crippen molar-refractivity contribution in [1.29, 1.82) is 0 Å². The van der Waals surface area contributed by atoms with Crippen LogP contribution in [0.4, 0.5) is 0 Å². The molecule has 0 aliphatic rings. The van der Waals surface area contributed by atoms with E-state index in [0.29, 0.717) is 0 Å². The van der Waals surface area contributed by atoms with E-state index in [1.54, 1.807) is 6.20 Å². The third-order valence-corrected chi connectivity index (χ3v) is 2.55. The van der Waals surface area contributed by atoms with E-state index >= 15 is 0 Å². The molecular formula is C13H17N3. The molecule has 1 aromatic heterocycles. The molecule has 0 radical (unpaired) electrons. The molecule has 84 valence electrons. The number of aromatic amines is 1. The molecule has 3 heteroatoms. The number of benzene rings is 1. The quantitative estimate of drug-likeness (QED) is 0.749. The first-order valence-corrected chi connectivity index (χ1v) is 5.59.